The van der Waals surface area contributed by atoms with Crippen molar-refractivity contribution in [1.82, 2.24) is 30.4 Å². The van der Waals surface area contributed by atoms with Crippen molar-refractivity contribution >= 4 is 17.5 Å². The molecule has 0 amide bonds. The van der Waals surface area contributed by atoms with E-state index in [-0.39, 0.29) is 5.75 Å². The van der Waals surface area contributed by atoms with Crippen LogP contribution < -0.4 is 20.9 Å². The predicted octanol–water partition coefficient (Wildman–Crippen LogP) is 3.01. The summed E-state index contributed by atoms with van der Waals surface area (Å²) in [6.45, 7) is 6.52. The lowest BCUT2D eigenvalue weighted by Crippen LogP contribution is -2.65. The number of likely N-dealkylation sites (tertiary alicyclic amines) is 1. The Morgan fingerprint density at radius 2 is 1.61 bits per heavy atom. The number of piperazine rings is 1. The number of anilines is 3. The molecule has 4 N–H and O–H groups in total. The van der Waals surface area contributed by atoms with Crippen LogP contribution in [0, 0.1) is 5.41 Å². The topological polar surface area (TPSA) is 120 Å². The third-order valence-electron chi connectivity index (χ3n) is 10.5. The third-order valence-corrected chi connectivity index (χ3v) is 10.5. The Morgan fingerprint density at radius 3 is 2.27 bits per heavy atom. The monoisotopic (exact) mass is 553 g/mol. The first-order valence-electron chi connectivity index (χ1n) is 15.3. The van der Waals surface area contributed by atoms with Crippen molar-refractivity contribution in [2.75, 3.05) is 54.8 Å². The summed E-state index contributed by atoms with van der Waals surface area (Å²) in [6.07, 6.45) is 11.6. The van der Waals surface area contributed by atoms with Crippen LogP contribution >= 0.6 is 0 Å². The minimum absolute atomic E-state index is 0.187. The number of nitrogen functional groups attached to an aromatic ring is 1. The summed E-state index contributed by atoms with van der Waals surface area (Å²) in [5.41, 5.74) is 10.4. The zero-order valence-electron chi connectivity index (χ0n) is 23.5. The third kappa shape index (κ3) is 4.39. The molecular weight excluding hydrogens is 514 g/mol. The molecule has 5 aliphatic rings. The number of nitrogens with one attached hydrogen (secondary N) is 1. The average molecular weight is 554 g/mol. The number of hydrogen-bond donors (Lipinski definition) is 3. The lowest BCUT2D eigenvalue weighted by atomic mass is 9.61. The van der Waals surface area contributed by atoms with Gasteiger partial charge < -0.3 is 30.9 Å². The highest BCUT2D eigenvalue weighted by molar-refractivity contribution is 5.74. The van der Waals surface area contributed by atoms with Gasteiger partial charge in [-0.25, -0.2) is 9.97 Å². The number of aromatic nitrogens is 4. The Balaban J connectivity index is 0.922. The number of phenolic OH excluding ortho intramolecular Hbond substituents is 1. The summed E-state index contributed by atoms with van der Waals surface area (Å²) < 4.78 is 0. The number of phenols is 1. The number of nitrogens with zero attached hydrogens (tertiary/aromatic N) is 7. The van der Waals surface area contributed by atoms with Gasteiger partial charge in [-0.15, -0.1) is 10.2 Å². The van der Waals surface area contributed by atoms with Gasteiger partial charge in [0.25, 0.3) is 0 Å². The zero-order chi connectivity index (χ0) is 27.6. The summed E-state index contributed by atoms with van der Waals surface area (Å²) in [5.74, 6) is 2.02. The van der Waals surface area contributed by atoms with E-state index in [1.165, 1.54) is 57.4 Å². The average Bonchev–Trinajstić information content (AvgIpc) is 3.21. The maximum absolute atomic E-state index is 10.3. The number of aromatic hydroxyl groups is 1. The molecule has 1 aromatic carbocycles. The molecule has 3 aromatic rings. The summed E-state index contributed by atoms with van der Waals surface area (Å²) >= 11 is 0. The van der Waals surface area contributed by atoms with Gasteiger partial charge in [0.15, 0.2) is 5.82 Å². The summed E-state index contributed by atoms with van der Waals surface area (Å²) in [6, 6.07) is 10.6. The fraction of sp³-hybridized carbons (Fsp3) is 0.548. The Kier molecular flexibility index (Phi) is 6.03. The molecule has 2 aromatic heterocycles. The largest absolute Gasteiger partial charge is 0.507 e. The molecule has 1 aliphatic carbocycles. The second-order valence-electron chi connectivity index (χ2n) is 13.0. The molecule has 41 heavy (non-hydrogen) atoms. The first kappa shape index (κ1) is 25.2. The highest BCUT2D eigenvalue weighted by atomic mass is 16.3. The van der Waals surface area contributed by atoms with Gasteiger partial charge in [-0.05, 0) is 86.7 Å². The lowest BCUT2D eigenvalue weighted by Gasteiger charge is -2.58. The van der Waals surface area contributed by atoms with Crippen LogP contribution in [0.3, 0.4) is 0 Å². The molecule has 0 radical (unpaired) electrons. The Bertz CT molecular complexity index is 1400. The number of rotatable bonds is 5. The van der Waals surface area contributed by atoms with E-state index in [4.69, 9.17) is 15.7 Å². The molecule has 2 bridgehead atoms. The normalized spacial score (nSPS) is 26.2. The van der Waals surface area contributed by atoms with Crippen molar-refractivity contribution in [3.63, 3.8) is 0 Å². The van der Waals surface area contributed by atoms with Crippen LogP contribution in [-0.2, 0) is 0 Å². The van der Waals surface area contributed by atoms with Crippen LogP contribution in [0.5, 0.6) is 5.75 Å². The standard InChI is InChI=1S/C31H39N9O/c32-29-27(11-26(36-37-29)25-3-1-2-4-28(25)41)39-16-22-5-6-23(17-39)40(22)30-34-14-21(15-35-30)20-7-9-38(10-8-20)24-12-31(13-24)18-33-19-31/h1-4,11,14-15,20,22-24,33,41H,5-10,12-13,16-19H2,(H2,32,37). The van der Waals surface area contributed by atoms with E-state index in [1.807, 2.05) is 18.2 Å². The number of hydrogen-bond acceptors (Lipinski definition) is 10. The van der Waals surface area contributed by atoms with Gasteiger partial charge in [-0.1, -0.05) is 12.1 Å². The first-order chi connectivity index (χ1) is 20.1. The predicted molar refractivity (Wildman–Crippen MR) is 159 cm³/mol. The number of para-hydroxylation sites is 1. The van der Waals surface area contributed by atoms with Gasteiger partial charge >= 0.3 is 0 Å². The molecular formula is C31H39N9O. The first-order valence-corrected chi connectivity index (χ1v) is 15.3. The van der Waals surface area contributed by atoms with Gasteiger partial charge in [0.1, 0.15) is 5.75 Å². The van der Waals surface area contributed by atoms with Gasteiger partial charge in [-0.3, -0.25) is 0 Å². The van der Waals surface area contributed by atoms with Crippen molar-refractivity contribution in [3.8, 4) is 17.0 Å². The SMILES string of the molecule is Nc1nnc(-c2ccccc2O)cc1N1CC2CCC(C1)N2c1ncc(C2CCN(C3CC4(CNC4)C3)CC2)cn1. The van der Waals surface area contributed by atoms with E-state index in [9.17, 15) is 5.11 Å². The molecule has 10 nitrogen and oxygen atoms in total. The molecule has 5 fully saturated rings. The Morgan fingerprint density at radius 1 is 0.902 bits per heavy atom. The van der Waals surface area contributed by atoms with Crippen LogP contribution in [0.15, 0.2) is 42.7 Å². The van der Waals surface area contributed by atoms with Crippen molar-refractivity contribution in [2.24, 2.45) is 5.41 Å². The molecule has 8 rings (SSSR count). The van der Waals surface area contributed by atoms with Gasteiger partial charge in [-0.2, -0.15) is 0 Å². The Hall–Kier alpha value is -3.50. The molecule has 4 saturated heterocycles. The number of nitrogens with two attached hydrogens (primary N) is 1. The van der Waals surface area contributed by atoms with Gasteiger partial charge in [0.2, 0.25) is 5.95 Å². The smallest absolute Gasteiger partial charge is 0.225 e. The minimum atomic E-state index is 0.187. The second kappa shape index (κ2) is 9.80. The van der Waals surface area contributed by atoms with E-state index >= 15 is 0 Å². The second-order valence-corrected chi connectivity index (χ2v) is 13.0. The van der Waals surface area contributed by atoms with E-state index in [0.29, 0.717) is 40.5 Å². The van der Waals surface area contributed by atoms with Crippen molar-refractivity contribution < 1.29 is 5.11 Å². The minimum Gasteiger partial charge on any atom is -0.507 e. The summed E-state index contributed by atoms with van der Waals surface area (Å²) in [5, 5.41) is 22.3. The van der Waals surface area contributed by atoms with Gasteiger partial charge in [0, 0.05) is 62.3 Å². The quantitative estimate of drug-likeness (QED) is 0.435. The van der Waals surface area contributed by atoms with Gasteiger partial charge in [0.05, 0.1) is 11.4 Å². The number of benzene rings is 1. The molecule has 4 aliphatic heterocycles. The maximum Gasteiger partial charge on any atom is 0.225 e. The fourth-order valence-electron chi connectivity index (χ4n) is 8.13. The van der Waals surface area contributed by atoms with E-state index in [1.54, 1.807) is 12.1 Å². The Labute approximate surface area is 241 Å². The van der Waals surface area contributed by atoms with Crippen LogP contribution in [0.2, 0.25) is 0 Å². The van der Waals surface area contributed by atoms with Crippen molar-refractivity contribution in [1.29, 1.82) is 0 Å². The molecule has 6 heterocycles. The van der Waals surface area contributed by atoms with Crippen LogP contribution in [0.4, 0.5) is 17.5 Å². The molecule has 2 unspecified atom stereocenters. The zero-order valence-corrected chi connectivity index (χ0v) is 23.5. The van der Waals surface area contributed by atoms with Crippen LogP contribution in [0.25, 0.3) is 11.3 Å². The van der Waals surface area contributed by atoms with E-state index < -0.39 is 0 Å². The highest BCUT2D eigenvalue weighted by Crippen LogP contribution is 2.47. The van der Waals surface area contributed by atoms with Crippen LogP contribution in [-0.4, -0.2) is 87.6 Å². The van der Waals surface area contributed by atoms with E-state index in [0.717, 1.165) is 43.6 Å². The maximum atomic E-state index is 10.3. The van der Waals surface area contributed by atoms with Crippen molar-refractivity contribution in [2.45, 2.75) is 62.6 Å². The van der Waals surface area contributed by atoms with Crippen LogP contribution in [0.1, 0.15) is 50.0 Å². The van der Waals surface area contributed by atoms with Crippen molar-refractivity contribution in [3.05, 3.63) is 48.3 Å². The fourth-order valence-corrected chi connectivity index (χ4v) is 8.13. The molecule has 214 valence electrons. The number of fused-ring (bicyclic) bond motifs is 2. The lowest BCUT2D eigenvalue weighted by molar-refractivity contribution is -0.0432. The molecule has 10 heteroatoms. The summed E-state index contributed by atoms with van der Waals surface area (Å²) in [4.78, 5) is 17.3. The summed E-state index contributed by atoms with van der Waals surface area (Å²) in [7, 11) is 0. The van der Waals surface area contributed by atoms with E-state index in [2.05, 4.69) is 42.6 Å². The number of piperidine rings is 1. The molecule has 2 atom stereocenters. The molecule has 1 spiro atoms. The molecule has 1 saturated carbocycles. The highest BCUT2D eigenvalue weighted by Gasteiger charge is 2.50.